The zero-order valence-electron chi connectivity index (χ0n) is 9.76. The molecule has 0 saturated heterocycles. The molecule has 0 atom stereocenters. The van der Waals surface area contributed by atoms with Crippen molar-refractivity contribution in [1.82, 2.24) is 10.3 Å². The maximum atomic E-state index is 11.6. The summed E-state index contributed by atoms with van der Waals surface area (Å²) in [5.74, 6) is 0.194. The van der Waals surface area contributed by atoms with Crippen LogP contribution in [0.4, 0.5) is 0 Å². The molecule has 0 spiro atoms. The van der Waals surface area contributed by atoms with Crippen molar-refractivity contribution >= 4 is 17.1 Å². The van der Waals surface area contributed by atoms with Gasteiger partial charge in [-0.05, 0) is 27.7 Å². The highest BCUT2D eigenvalue weighted by molar-refractivity contribution is 7.09. The molecule has 0 bridgehead atoms. The van der Waals surface area contributed by atoms with Crippen molar-refractivity contribution < 1.29 is 4.79 Å². The van der Waals surface area contributed by atoms with E-state index in [4.69, 9.17) is 0 Å². The summed E-state index contributed by atoms with van der Waals surface area (Å²) in [6.07, 6.45) is 0.446. The minimum absolute atomic E-state index is 0.00550. The van der Waals surface area contributed by atoms with E-state index in [1.807, 2.05) is 33.1 Å². The van der Waals surface area contributed by atoms with E-state index < -0.39 is 0 Å². The molecule has 84 valence electrons. The number of carbonyl (C=O) groups is 1. The van der Waals surface area contributed by atoms with E-state index >= 15 is 0 Å². The first kappa shape index (κ1) is 12.3. The van der Waals surface area contributed by atoms with E-state index in [0.717, 1.165) is 10.7 Å². The van der Waals surface area contributed by atoms with Crippen LogP contribution in [-0.2, 0) is 11.2 Å². The van der Waals surface area contributed by atoms with Crippen LogP contribution in [0.1, 0.15) is 31.5 Å². The summed E-state index contributed by atoms with van der Waals surface area (Å²) in [5, 5.41) is 6.06. The average molecular weight is 226 g/mol. The van der Waals surface area contributed by atoms with Crippen molar-refractivity contribution in [3.8, 4) is 0 Å². The predicted molar refractivity (Wildman–Crippen MR) is 63.3 cm³/mol. The number of hydrogen-bond donors (Lipinski definition) is 1. The lowest BCUT2D eigenvalue weighted by molar-refractivity contribution is -0.117. The average Bonchev–Trinajstić information content (AvgIpc) is 2.47. The zero-order valence-corrected chi connectivity index (χ0v) is 10.6. The maximum absolute atomic E-state index is 11.6. The number of ketones is 1. The molecule has 0 amide bonds. The van der Waals surface area contributed by atoms with Crippen molar-refractivity contribution in [3.05, 3.63) is 16.1 Å². The predicted octanol–water partition coefficient (Wildman–Crippen LogP) is 1.95. The van der Waals surface area contributed by atoms with Gasteiger partial charge in [-0.1, -0.05) is 0 Å². The fraction of sp³-hybridized carbons (Fsp3) is 0.636. The number of aryl methyl sites for hydroxylation is 1. The molecule has 1 heterocycles. The second-order valence-corrected chi connectivity index (χ2v) is 5.64. The Kier molecular flexibility index (Phi) is 3.99. The molecule has 0 saturated carbocycles. The first-order valence-electron chi connectivity index (χ1n) is 5.04. The number of hydrogen-bond acceptors (Lipinski definition) is 4. The van der Waals surface area contributed by atoms with Crippen LogP contribution in [0.2, 0.25) is 0 Å². The molecular weight excluding hydrogens is 208 g/mol. The summed E-state index contributed by atoms with van der Waals surface area (Å²) in [5.41, 5.74) is 0.987. The Morgan fingerprint density at radius 3 is 2.67 bits per heavy atom. The summed E-state index contributed by atoms with van der Waals surface area (Å²) < 4.78 is 0. The Bertz CT molecular complexity index is 339. The number of nitrogens with one attached hydrogen (secondary N) is 1. The topological polar surface area (TPSA) is 42.0 Å². The fourth-order valence-electron chi connectivity index (χ4n) is 1.08. The van der Waals surface area contributed by atoms with Crippen LogP contribution in [0.5, 0.6) is 0 Å². The molecule has 1 aromatic rings. The normalized spacial score (nSPS) is 11.7. The van der Waals surface area contributed by atoms with Crippen LogP contribution in [0, 0.1) is 6.92 Å². The van der Waals surface area contributed by atoms with Gasteiger partial charge in [0.2, 0.25) is 0 Å². The summed E-state index contributed by atoms with van der Waals surface area (Å²) >= 11 is 1.55. The van der Waals surface area contributed by atoms with Gasteiger partial charge >= 0.3 is 0 Å². The molecule has 1 aromatic heterocycles. The number of carbonyl (C=O) groups excluding carboxylic acids is 1. The van der Waals surface area contributed by atoms with Gasteiger partial charge in [0.05, 0.1) is 13.0 Å². The highest BCUT2D eigenvalue weighted by Gasteiger charge is 2.12. The van der Waals surface area contributed by atoms with Crippen LogP contribution in [0.15, 0.2) is 5.38 Å². The van der Waals surface area contributed by atoms with E-state index in [1.165, 1.54) is 0 Å². The molecule has 0 aliphatic rings. The Hall–Kier alpha value is -0.740. The minimum atomic E-state index is -0.00550. The summed E-state index contributed by atoms with van der Waals surface area (Å²) in [6, 6.07) is 0. The van der Waals surface area contributed by atoms with E-state index in [1.54, 1.807) is 11.3 Å². The van der Waals surface area contributed by atoms with Gasteiger partial charge in [-0.15, -0.1) is 11.3 Å². The van der Waals surface area contributed by atoms with Gasteiger partial charge in [0.25, 0.3) is 0 Å². The van der Waals surface area contributed by atoms with Gasteiger partial charge < -0.3 is 5.32 Å². The van der Waals surface area contributed by atoms with Gasteiger partial charge in [-0.3, -0.25) is 4.79 Å². The van der Waals surface area contributed by atoms with E-state index in [0.29, 0.717) is 13.0 Å². The van der Waals surface area contributed by atoms with Crippen LogP contribution in [-0.4, -0.2) is 22.9 Å². The molecule has 3 nitrogen and oxygen atoms in total. The van der Waals surface area contributed by atoms with Gasteiger partial charge in [0.15, 0.2) is 5.78 Å². The summed E-state index contributed by atoms with van der Waals surface area (Å²) in [6.45, 7) is 8.51. The van der Waals surface area contributed by atoms with Gasteiger partial charge in [0, 0.05) is 16.6 Å². The zero-order chi connectivity index (χ0) is 11.5. The second kappa shape index (κ2) is 4.86. The van der Waals surface area contributed by atoms with Gasteiger partial charge in [-0.2, -0.15) is 0 Å². The third-order valence-corrected chi connectivity index (χ3v) is 2.80. The lowest BCUT2D eigenvalue weighted by atomic mass is 10.1. The smallest absolute Gasteiger partial charge is 0.153 e. The number of aromatic nitrogens is 1. The van der Waals surface area contributed by atoms with E-state index in [-0.39, 0.29) is 11.3 Å². The van der Waals surface area contributed by atoms with Crippen molar-refractivity contribution in [2.75, 3.05) is 6.54 Å². The van der Waals surface area contributed by atoms with Gasteiger partial charge in [0.1, 0.15) is 5.01 Å². The molecule has 0 unspecified atom stereocenters. The Morgan fingerprint density at radius 2 is 2.20 bits per heavy atom. The van der Waals surface area contributed by atoms with Crippen LogP contribution in [0.3, 0.4) is 0 Å². The quantitative estimate of drug-likeness (QED) is 0.853. The molecule has 1 N–H and O–H groups in total. The summed E-state index contributed by atoms with van der Waals surface area (Å²) in [4.78, 5) is 15.8. The SMILES string of the molecule is Cc1csc(CC(=O)CNC(C)(C)C)n1. The fourth-order valence-corrected chi connectivity index (χ4v) is 1.88. The van der Waals surface area contributed by atoms with Crippen molar-refractivity contribution in [2.24, 2.45) is 0 Å². The minimum Gasteiger partial charge on any atom is -0.305 e. The third kappa shape index (κ3) is 5.04. The maximum Gasteiger partial charge on any atom is 0.153 e. The number of thiazole rings is 1. The number of Topliss-reactive ketones (excluding diaryl/α,β-unsaturated/α-hetero) is 1. The van der Waals surface area contributed by atoms with Crippen LogP contribution < -0.4 is 5.32 Å². The molecule has 0 fully saturated rings. The molecule has 0 radical (unpaired) electrons. The summed E-state index contributed by atoms with van der Waals surface area (Å²) in [7, 11) is 0. The molecule has 4 heteroatoms. The number of nitrogens with zero attached hydrogens (tertiary/aromatic N) is 1. The van der Waals surface area contributed by atoms with Crippen LogP contribution >= 0.6 is 11.3 Å². The Balaban J connectivity index is 2.37. The molecule has 1 rings (SSSR count). The van der Waals surface area contributed by atoms with E-state index in [9.17, 15) is 4.79 Å². The monoisotopic (exact) mass is 226 g/mol. The lowest BCUT2D eigenvalue weighted by Crippen LogP contribution is -2.39. The first-order chi connectivity index (χ1) is 6.87. The largest absolute Gasteiger partial charge is 0.305 e. The molecule has 15 heavy (non-hydrogen) atoms. The Labute approximate surface area is 94.9 Å². The Morgan fingerprint density at radius 1 is 1.53 bits per heavy atom. The van der Waals surface area contributed by atoms with E-state index in [2.05, 4.69) is 10.3 Å². The van der Waals surface area contributed by atoms with Gasteiger partial charge in [-0.25, -0.2) is 4.98 Å². The highest BCUT2D eigenvalue weighted by atomic mass is 32.1. The first-order valence-corrected chi connectivity index (χ1v) is 5.92. The molecule has 0 aromatic carbocycles. The van der Waals surface area contributed by atoms with Crippen molar-refractivity contribution in [1.29, 1.82) is 0 Å². The highest BCUT2D eigenvalue weighted by Crippen LogP contribution is 2.09. The molecule has 0 aliphatic heterocycles. The van der Waals surface area contributed by atoms with Crippen molar-refractivity contribution in [3.63, 3.8) is 0 Å². The second-order valence-electron chi connectivity index (χ2n) is 4.70. The van der Waals surface area contributed by atoms with Crippen LogP contribution in [0.25, 0.3) is 0 Å². The third-order valence-electron chi connectivity index (χ3n) is 1.83. The lowest BCUT2D eigenvalue weighted by Gasteiger charge is -2.19. The number of rotatable bonds is 4. The molecular formula is C11H18N2OS. The standard InChI is InChI=1S/C11H18N2OS/c1-8-7-15-10(13-8)5-9(14)6-12-11(2,3)4/h7,12H,5-6H2,1-4H3. The molecule has 0 aliphatic carbocycles. The van der Waals surface area contributed by atoms with Crippen molar-refractivity contribution in [2.45, 2.75) is 39.7 Å².